The number of nitrogens with two attached hydrogens (primary N) is 2. The largest absolute Gasteiger partial charge is 0.431 e. The number of rotatable bonds is 3. The number of carbonyl (C=O) groups is 1. The first kappa shape index (κ1) is 13.8. The standard InChI is InChI=1S/C14H10ClN3O2S/c15-9-6-7(16)5-8(13(17)19)12(9)21-14-18-10-3-1-2-4-11(10)20-14/h1-6H,16H2,(H2,17,19). The second-order valence-corrected chi connectivity index (χ2v) is 5.66. The summed E-state index contributed by atoms with van der Waals surface area (Å²) in [5.74, 6) is -0.609. The first-order valence-electron chi connectivity index (χ1n) is 5.97. The lowest BCUT2D eigenvalue weighted by molar-refractivity contribution is 0.0997. The van der Waals surface area contributed by atoms with Crippen LogP contribution in [0.1, 0.15) is 10.4 Å². The summed E-state index contributed by atoms with van der Waals surface area (Å²) in [4.78, 5) is 16.3. The lowest BCUT2D eigenvalue weighted by atomic mass is 10.2. The molecule has 1 heterocycles. The molecule has 0 aliphatic rings. The van der Waals surface area contributed by atoms with E-state index >= 15 is 0 Å². The molecule has 0 bridgehead atoms. The minimum Gasteiger partial charge on any atom is -0.431 e. The average Bonchev–Trinajstić information content (AvgIpc) is 2.83. The van der Waals surface area contributed by atoms with Crippen LogP contribution in [0.3, 0.4) is 0 Å². The molecule has 7 heteroatoms. The summed E-state index contributed by atoms with van der Waals surface area (Å²) >= 11 is 7.29. The monoisotopic (exact) mass is 319 g/mol. The Morgan fingerprint density at radius 3 is 2.76 bits per heavy atom. The Labute approximate surface area is 129 Å². The Morgan fingerprint density at radius 1 is 1.29 bits per heavy atom. The van der Waals surface area contributed by atoms with Crippen LogP contribution in [0.2, 0.25) is 5.02 Å². The molecule has 0 atom stereocenters. The van der Waals surface area contributed by atoms with E-state index in [0.717, 1.165) is 17.3 Å². The van der Waals surface area contributed by atoms with Crippen molar-refractivity contribution in [2.24, 2.45) is 5.73 Å². The Hall–Kier alpha value is -2.18. The highest BCUT2D eigenvalue weighted by molar-refractivity contribution is 7.99. The number of anilines is 1. The van der Waals surface area contributed by atoms with E-state index in [0.29, 0.717) is 26.4 Å². The number of primary amides is 1. The summed E-state index contributed by atoms with van der Waals surface area (Å²) in [6.07, 6.45) is 0. The van der Waals surface area contributed by atoms with Gasteiger partial charge >= 0.3 is 0 Å². The number of para-hydroxylation sites is 2. The molecular weight excluding hydrogens is 310 g/mol. The highest BCUT2D eigenvalue weighted by Gasteiger charge is 2.17. The zero-order chi connectivity index (χ0) is 15.0. The number of halogens is 1. The molecule has 1 amide bonds. The molecule has 3 aromatic rings. The van der Waals surface area contributed by atoms with Crippen molar-refractivity contribution in [3.8, 4) is 0 Å². The van der Waals surface area contributed by atoms with Crippen LogP contribution in [0.15, 0.2) is 50.9 Å². The third kappa shape index (κ3) is 2.68. The van der Waals surface area contributed by atoms with E-state index in [9.17, 15) is 4.79 Å². The molecule has 4 N–H and O–H groups in total. The van der Waals surface area contributed by atoms with Crippen molar-refractivity contribution in [3.05, 3.63) is 47.0 Å². The first-order valence-corrected chi connectivity index (χ1v) is 7.16. The third-order valence-electron chi connectivity index (χ3n) is 2.80. The van der Waals surface area contributed by atoms with Crippen LogP contribution in [-0.4, -0.2) is 10.9 Å². The number of fused-ring (bicyclic) bond motifs is 1. The maximum absolute atomic E-state index is 11.5. The molecule has 106 valence electrons. The zero-order valence-electron chi connectivity index (χ0n) is 10.7. The summed E-state index contributed by atoms with van der Waals surface area (Å²) in [5.41, 5.74) is 13.0. The minimum absolute atomic E-state index is 0.243. The number of nitrogen functional groups attached to an aromatic ring is 1. The van der Waals surface area contributed by atoms with Crippen molar-refractivity contribution in [1.29, 1.82) is 0 Å². The molecule has 3 rings (SSSR count). The van der Waals surface area contributed by atoms with Crippen molar-refractivity contribution in [2.45, 2.75) is 10.1 Å². The lowest BCUT2D eigenvalue weighted by Gasteiger charge is -2.07. The van der Waals surface area contributed by atoms with Crippen LogP contribution in [0, 0.1) is 0 Å². The second-order valence-electron chi connectivity index (χ2n) is 4.29. The van der Waals surface area contributed by atoms with Crippen LogP contribution < -0.4 is 11.5 Å². The van der Waals surface area contributed by atoms with E-state index in [1.807, 2.05) is 24.3 Å². The number of hydrogen-bond donors (Lipinski definition) is 2. The normalized spacial score (nSPS) is 10.9. The molecule has 1 aromatic heterocycles. The number of hydrogen-bond acceptors (Lipinski definition) is 5. The molecule has 2 aromatic carbocycles. The van der Waals surface area contributed by atoms with Crippen molar-refractivity contribution >= 4 is 46.1 Å². The predicted octanol–water partition coefficient (Wildman–Crippen LogP) is 3.31. The Bertz CT molecular complexity index is 814. The van der Waals surface area contributed by atoms with Crippen molar-refractivity contribution < 1.29 is 9.21 Å². The van der Waals surface area contributed by atoms with Gasteiger partial charge < -0.3 is 15.9 Å². The van der Waals surface area contributed by atoms with Crippen LogP contribution >= 0.6 is 23.4 Å². The summed E-state index contributed by atoms with van der Waals surface area (Å²) in [7, 11) is 0. The SMILES string of the molecule is NC(=O)c1cc(N)cc(Cl)c1Sc1nc2ccccc2o1. The van der Waals surface area contributed by atoms with E-state index in [-0.39, 0.29) is 5.56 Å². The van der Waals surface area contributed by atoms with Gasteiger partial charge in [0, 0.05) is 10.6 Å². The van der Waals surface area contributed by atoms with E-state index in [4.69, 9.17) is 27.5 Å². The van der Waals surface area contributed by atoms with Crippen molar-refractivity contribution in [2.75, 3.05) is 5.73 Å². The third-order valence-corrected chi connectivity index (χ3v) is 4.20. The van der Waals surface area contributed by atoms with Gasteiger partial charge in [-0.15, -0.1) is 0 Å². The molecule has 0 aliphatic heterocycles. The lowest BCUT2D eigenvalue weighted by Crippen LogP contribution is -2.13. The number of carbonyl (C=O) groups excluding carboxylic acids is 1. The molecule has 21 heavy (non-hydrogen) atoms. The molecule has 0 fully saturated rings. The van der Waals surface area contributed by atoms with Crippen molar-refractivity contribution in [3.63, 3.8) is 0 Å². The number of aromatic nitrogens is 1. The number of benzene rings is 2. The van der Waals surface area contributed by atoms with E-state index in [1.165, 1.54) is 6.07 Å². The molecule has 0 aliphatic carbocycles. The Kier molecular flexibility index (Phi) is 3.48. The van der Waals surface area contributed by atoms with Gasteiger partial charge in [0.15, 0.2) is 5.58 Å². The van der Waals surface area contributed by atoms with Gasteiger partial charge in [-0.1, -0.05) is 23.7 Å². The fourth-order valence-electron chi connectivity index (χ4n) is 1.88. The Morgan fingerprint density at radius 2 is 2.05 bits per heavy atom. The highest BCUT2D eigenvalue weighted by atomic mass is 35.5. The van der Waals surface area contributed by atoms with Gasteiger partial charge in [-0.05, 0) is 36.0 Å². The fourth-order valence-corrected chi connectivity index (χ4v) is 3.10. The molecule has 0 spiro atoms. The molecule has 5 nitrogen and oxygen atoms in total. The molecule has 0 saturated heterocycles. The smallest absolute Gasteiger partial charge is 0.261 e. The van der Waals surface area contributed by atoms with Gasteiger partial charge in [-0.3, -0.25) is 4.79 Å². The van der Waals surface area contributed by atoms with Crippen LogP contribution in [0.4, 0.5) is 5.69 Å². The maximum Gasteiger partial charge on any atom is 0.261 e. The van der Waals surface area contributed by atoms with Gasteiger partial charge in [0.2, 0.25) is 5.91 Å². The van der Waals surface area contributed by atoms with Crippen LogP contribution in [0.5, 0.6) is 0 Å². The van der Waals surface area contributed by atoms with Gasteiger partial charge in [-0.25, -0.2) is 4.98 Å². The molecular formula is C14H10ClN3O2S. The summed E-state index contributed by atoms with van der Waals surface area (Å²) in [5, 5.41) is 0.710. The average molecular weight is 320 g/mol. The topological polar surface area (TPSA) is 95.1 Å². The molecule has 0 radical (unpaired) electrons. The first-order chi connectivity index (χ1) is 10.0. The quantitative estimate of drug-likeness (QED) is 0.722. The van der Waals surface area contributed by atoms with Crippen molar-refractivity contribution in [1.82, 2.24) is 4.98 Å². The number of amides is 1. The minimum atomic E-state index is -0.609. The van der Waals surface area contributed by atoms with E-state index < -0.39 is 5.91 Å². The van der Waals surface area contributed by atoms with Gasteiger partial charge in [0.1, 0.15) is 5.52 Å². The summed E-state index contributed by atoms with van der Waals surface area (Å²) in [6.45, 7) is 0. The van der Waals surface area contributed by atoms with Gasteiger partial charge in [-0.2, -0.15) is 0 Å². The van der Waals surface area contributed by atoms with Gasteiger partial charge in [0.25, 0.3) is 5.22 Å². The Balaban J connectivity index is 2.06. The molecule has 0 saturated carbocycles. The van der Waals surface area contributed by atoms with E-state index in [2.05, 4.69) is 4.98 Å². The fraction of sp³-hybridized carbons (Fsp3) is 0. The number of oxazole rings is 1. The van der Waals surface area contributed by atoms with Gasteiger partial charge in [0.05, 0.1) is 10.6 Å². The summed E-state index contributed by atoms with van der Waals surface area (Å²) in [6, 6.07) is 10.4. The zero-order valence-corrected chi connectivity index (χ0v) is 12.2. The second kappa shape index (κ2) is 5.31. The maximum atomic E-state index is 11.5. The van der Waals surface area contributed by atoms with E-state index in [1.54, 1.807) is 6.07 Å². The number of nitrogens with zero attached hydrogens (tertiary/aromatic N) is 1. The summed E-state index contributed by atoms with van der Waals surface area (Å²) < 4.78 is 5.60. The van der Waals surface area contributed by atoms with Crippen LogP contribution in [0.25, 0.3) is 11.1 Å². The predicted molar refractivity (Wildman–Crippen MR) is 82.5 cm³/mol. The van der Waals surface area contributed by atoms with Crippen LogP contribution in [-0.2, 0) is 0 Å². The highest BCUT2D eigenvalue weighted by Crippen LogP contribution is 2.38. The molecule has 0 unspecified atom stereocenters.